The Hall–Kier alpha value is -0.640. The molecular formula is C13H20ClFN2. The molecule has 2 nitrogen and oxygen atoms in total. The van der Waals surface area contributed by atoms with E-state index >= 15 is 0 Å². The molecule has 0 aliphatic carbocycles. The highest BCUT2D eigenvalue weighted by atomic mass is 35.5. The second kappa shape index (κ2) is 6.94. The van der Waals surface area contributed by atoms with E-state index in [0.29, 0.717) is 0 Å². The van der Waals surface area contributed by atoms with E-state index in [1.54, 1.807) is 12.1 Å². The molecule has 96 valence electrons. The quantitative estimate of drug-likeness (QED) is 0.877. The molecule has 1 heterocycles. The van der Waals surface area contributed by atoms with Gasteiger partial charge in [-0.15, -0.1) is 12.4 Å². The van der Waals surface area contributed by atoms with Crippen molar-refractivity contribution >= 4 is 12.4 Å². The van der Waals surface area contributed by atoms with Crippen molar-refractivity contribution in [3.63, 3.8) is 0 Å². The zero-order valence-corrected chi connectivity index (χ0v) is 11.0. The monoisotopic (exact) mass is 258 g/mol. The van der Waals surface area contributed by atoms with Crippen LogP contribution in [0.2, 0.25) is 0 Å². The van der Waals surface area contributed by atoms with E-state index in [2.05, 4.69) is 17.1 Å². The van der Waals surface area contributed by atoms with Crippen LogP contribution < -0.4 is 5.32 Å². The first-order valence-electron chi connectivity index (χ1n) is 5.98. The average Bonchev–Trinajstić information content (AvgIpc) is 2.57. The Morgan fingerprint density at radius 1 is 1.24 bits per heavy atom. The Morgan fingerprint density at radius 3 is 2.76 bits per heavy atom. The maximum absolute atomic E-state index is 13.7. The Labute approximate surface area is 109 Å². The van der Waals surface area contributed by atoms with Crippen LogP contribution in [0.4, 0.5) is 4.39 Å². The molecule has 0 radical (unpaired) electrons. The van der Waals surface area contributed by atoms with Crippen molar-refractivity contribution in [2.45, 2.75) is 19.4 Å². The lowest BCUT2D eigenvalue weighted by atomic mass is 10.1. The fourth-order valence-electron chi connectivity index (χ4n) is 2.26. The highest BCUT2D eigenvalue weighted by Crippen LogP contribution is 2.22. The fourth-order valence-corrected chi connectivity index (χ4v) is 2.26. The van der Waals surface area contributed by atoms with Gasteiger partial charge in [0.15, 0.2) is 0 Å². The number of halogens is 2. The van der Waals surface area contributed by atoms with E-state index in [1.165, 1.54) is 0 Å². The normalized spacial score (nSPS) is 19.2. The average molecular weight is 259 g/mol. The van der Waals surface area contributed by atoms with Crippen LogP contribution in [-0.4, -0.2) is 31.1 Å². The molecule has 1 aromatic carbocycles. The number of rotatable bonds is 2. The van der Waals surface area contributed by atoms with Crippen molar-refractivity contribution in [1.82, 2.24) is 10.2 Å². The van der Waals surface area contributed by atoms with Gasteiger partial charge in [-0.2, -0.15) is 0 Å². The number of benzene rings is 1. The predicted octanol–water partition coefficient (Wildman–Crippen LogP) is 2.60. The van der Waals surface area contributed by atoms with Crippen molar-refractivity contribution in [3.8, 4) is 0 Å². The van der Waals surface area contributed by atoms with Gasteiger partial charge in [-0.05, 0) is 32.5 Å². The van der Waals surface area contributed by atoms with Crippen molar-refractivity contribution in [2.24, 2.45) is 0 Å². The van der Waals surface area contributed by atoms with E-state index < -0.39 is 0 Å². The predicted molar refractivity (Wildman–Crippen MR) is 71.1 cm³/mol. The molecule has 1 aliphatic rings. The maximum atomic E-state index is 13.7. The molecule has 0 saturated carbocycles. The van der Waals surface area contributed by atoms with Crippen molar-refractivity contribution in [3.05, 3.63) is 35.6 Å². The Kier molecular flexibility index (Phi) is 5.89. The van der Waals surface area contributed by atoms with Crippen molar-refractivity contribution in [2.75, 3.05) is 26.2 Å². The summed E-state index contributed by atoms with van der Waals surface area (Å²) in [5.74, 6) is -0.0905. The van der Waals surface area contributed by atoms with Gasteiger partial charge in [-0.1, -0.05) is 18.2 Å². The first kappa shape index (κ1) is 14.4. The minimum absolute atomic E-state index is 0. The summed E-state index contributed by atoms with van der Waals surface area (Å²) in [5.41, 5.74) is 0.810. The van der Waals surface area contributed by atoms with E-state index in [9.17, 15) is 4.39 Å². The number of hydrogen-bond acceptors (Lipinski definition) is 2. The molecule has 1 atom stereocenters. The molecule has 0 spiro atoms. The summed E-state index contributed by atoms with van der Waals surface area (Å²) in [6.45, 7) is 6.20. The summed E-state index contributed by atoms with van der Waals surface area (Å²) in [6, 6.07) is 7.25. The Balaban J connectivity index is 0.00000144. The molecule has 1 aromatic rings. The second-order valence-electron chi connectivity index (χ2n) is 4.34. The SMILES string of the molecule is CC(c1ccccc1F)N1CCCNCC1.Cl. The molecule has 1 unspecified atom stereocenters. The number of nitrogens with zero attached hydrogens (tertiary/aromatic N) is 1. The highest BCUT2D eigenvalue weighted by molar-refractivity contribution is 5.85. The molecule has 17 heavy (non-hydrogen) atoms. The second-order valence-corrected chi connectivity index (χ2v) is 4.34. The molecule has 1 N–H and O–H groups in total. The van der Waals surface area contributed by atoms with Crippen LogP contribution in [0.15, 0.2) is 24.3 Å². The third kappa shape index (κ3) is 3.66. The topological polar surface area (TPSA) is 15.3 Å². The maximum Gasteiger partial charge on any atom is 0.127 e. The van der Waals surface area contributed by atoms with E-state index in [4.69, 9.17) is 0 Å². The molecule has 4 heteroatoms. The molecule has 0 bridgehead atoms. The largest absolute Gasteiger partial charge is 0.315 e. The molecule has 1 fully saturated rings. The van der Waals surface area contributed by atoms with Crippen molar-refractivity contribution in [1.29, 1.82) is 0 Å². The number of hydrogen-bond donors (Lipinski definition) is 1. The van der Waals surface area contributed by atoms with Gasteiger partial charge < -0.3 is 5.32 Å². The fraction of sp³-hybridized carbons (Fsp3) is 0.538. The van der Waals surface area contributed by atoms with Gasteiger partial charge in [-0.3, -0.25) is 4.90 Å². The van der Waals surface area contributed by atoms with Gasteiger partial charge in [0.05, 0.1) is 0 Å². The van der Waals surface area contributed by atoms with Crippen LogP contribution in [-0.2, 0) is 0 Å². The Bertz CT molecular complexity index is 338. The Morgan fingerprint density at radius 2 is 2.00 bits per heavy atom. The first-order valence-corrected chi connectivity index (χ1v) is 5.98. The van der Waals surface area contributed by atoms with Crippen molar-refractivity contribution < 1.29 is 4.39 Å². The minimum Gasteiger partial charge on any atom is -0.315 e. The lowest BCUT2D eigenvalue weighted by Crippen LogP contribution is -2.31. The summed E-state index contributed by atoms with van der Waals surface area (Å²) in [4.78, 5) is 2.35. The van der Waals surface area contributed by atoms with Crippen LogP contribution in [0.1, 0.15) is 24.9 Å². The highest BCUT2D eigenvalue weighted by Gasteiger charge is 2.19. The summed E-state index contributed by atoms with van der Waals surface area (Å²) in [7, 11) is 0. The van der Waals surface area contributed by atoms with E-state index in [0.717, 1.165) is 38.2 Å². The minimum atomic E-state index is -0.0905. The van der Waals surface area contributed by atoms with Crippen LogP contribution in [0.5, 0.6) is 0 Å². The van der Waals surface area contributed by atoms with E-state index in [1.807, 2.05) is 12.1 Å². The van der Waals surface area contributed by atoms with Gasteiger partial charge >= 0.3 is 0 Å². The standard InChI is InChI=1S/C13H19FN2.ClH/c1-11(12-5-2-3-6-13(12)14)16-9-4-7-15-8-10-16;/h2-3,5-6,11,15H,4,7-10H2,1H3;1H. The summed E-state index contributed by atoms with van der Waals surface area (Å²) in [5, 5.41) is 3.36. The van der Waals surface area contributed by atoms with E-state index in [-0.39, 0.29) is 24.3 Å². The zero-order chi connectivity index (χ0) is 11.4. The molecular weight excluding hydrogens is 239 g/mol. The molecule has 0 aromatic heterocycles. The first-order chi connectivity index (χ1) is 7.79. The van der Waals surface area contributed by atoms with Crippen LogP contribution >= 0.6 is 12.4 Å². The van der Waals surface area contributed by atoms with Gasteiger partial charge in [0.25, 0.3) is 0 Å². The molecule has 1 aliphatic heterocycles. The number of nitrogens with one attached hydrogen (secondary N) is 1. The zero-order valence-electron chi connectivity index (χ0n) is 10.2. The lowest BCUT2D eigenvalue weighted by molar-refractivity contribution is 0.221. The van der Waals surface area contributed by atoms with Crippen LogP contribution in [0, 0.1) is 5.82 Å². The lowest BCUT2D eigenvalue weighted by Gasteiger charge is -2.27. The third-order valence-corrected chi connectivity index (χ3v) is 3.28. The molecule has 1 saturated heterocycles. The summed E-state index contributed by atoms with van der Waals surface area (Å²) >= 11 is 0. The summed E-state index contributed by atoms with van der Waals surface area (Å²) < 4.78 is 13.7. The van der Waals surface area contributed by atoms with Gasteiger partial charge in [-0.25, -0.2) is 4.39 Å². The third-order valence-electron chi connectivity index (χ3n) is 3.28. The van der Waals surface area contributed by atoms with Gasteiger partial charge in [0.1, 0.15) is 5.82 Å². The van der Waals surface area contributed by atoms with Gasteiger partial charge in [0, 0.05) is 24.7 Å². The smallest absolute Gasteiger partial charge is 0.127 e. The summed E-state index contributed by atoms with van der Waals surface area (Å²) in [6.07, 6.45) is 1.14. The van der Waals surface area contributed by atoms with Crippen LogP contribution in [0.3, 0.4) is 0 Å². The van der Waals surface area contributed by atoms with Gasteiger partial charge in [0.2, 0.25) is 0 Å². The molecule has 2 rings (SSSR count). The van der Waals surface area contributed by atoms with Crippen LogP contribution in [0.25, 0.3) is 0 Å². The molecule has 0 amide bonds.